The summed E-state index contributed by atoms with van der Waals surface area (Å²) >= 11 is 0. The van der Waals surface area contributed by atoms with Gasteiger partial charge in [0.1, 0.15) is 0 Å². The minimum absolute atomic E-state index is 0.0480. The molecule has 1 atom stereocenters. The molecule has 0 aromatic carbocycles. The summed E-state index contributed by atoms with van der Waals surface area (Å²) in [5.74, 6) is 0.491. The quantitative estimate of drug-likeness (QED) is 0.704. The molecule has 0 saturated heterocycles. The summed E-state index contributed by atoms with van der Waals surface area (Å²) in [5, 5.41) is 0. The van der Waals surface area contributed by atoms with E-state index in [0.29, 0.717) is 12.5 Å². The van der Waals surface area contributed by atoms with Crippen molar-refractivity contribution in [3.63, 3.8) is 0 Å². The first kappa shape index (κ1) is 16.3. The maximum Gasteiger partial charge on any atom is 0.233 e. The summed E-state index contributed by atoms with van der Waals surface area (Å²) in [6.07, 6.45) is 5.30. The molecule has 0 aromatic heterocycles. The first-order chi connectivity index (χ1) is 8.24. The number of hydrogen-bond acceptors (Lipinski definition) is 3. The van der Waals surface area contributed by atoms with E-state index in [2.05, 4.69) is 13.8 Å². The summed E-state index contributed by atoms with van der Waals surface area (Å²) in [7, 11) is 1.99. The highest BCUT2D eigenvalue weighted by molar-refractivity contribution is 8.13. The Labute approximate surface area is 116 Å². The molecule has 0 aliphatic heterocycles. The zero-order valence-corrected chi connectivity index (χ0v) is 13.2. The van der Waals surface area contributed by atoms with Gasteiger partial charge in [0.2, 0.25) is 9.05 Å². The van der Waals surface area contributed by atoms with E-state index < -0.39 is 9.05 Å². The maximum absolute atomic E-state index is 11.4. The van der Waals surface area contributed by atoms with E-state index in [1.807, 2.05) is 6.92 Å². The van der Waals surface area contributed by atoms with Crippen molar-refractivity contribution in [1.29, 1.82) is 0 Å². The van der Waals surface area contributed by atoms with Gasteiger partial charge in [0.25, 0.3) is 0 Å². The van der Waals surface area contributed by atoms with Gasteiger partial charge >= 0.3 is 0 Å². The van der Waals surface area contributed by atoms with Crippen LogP contribution in [-0.2, 0) is 13.8 Å². The molecule has 1 aliphatic carbocycles. The summed E-state index contributed by atoms with van der Waals surface area (Å²) in [5.41, 5.74) is -0.262. The summed E-state index contributed by atoms with van der Waals surface area (Å²) in [4.78, 5) is 0. The van der Waals surface area contributed by atoms with Crippen LogP contribution in [0.3, 0.4) is 0 Å². The lowest BCUT2D eigenvalue weighted by molar-refractivity contribution is -0.0264. The van der Waals surface area contributed by atoms with Gasteiger partial charge in [-0.2, -0.15) is 0 Å². The molecule has 1 saturated carbocycles. The third-order valence-corrected chi connectivity index (χ3v) is 5.27. The molecule has 0 radical (unpaired) electrons. The van der Waals surface area contributed by atoms with Gasteiger partial charge < -0.3 is 4.74 Å². The first-order valence-electron chi connectivity index (χ1n) is 6.78. The van der Waals surface area contributed by atoms with Crippen molar-refractivity contribution >= 4 is 19.7 Å². The fourth-order valence-electron chi connectivity index (χ4n) is 2.50. The van der Waals surface area contributed by atoms with Gasteiger partial charge in [-0.1, -0.05) is 33.1 Å². The Kier molecular flexibility index (Phi) is 5.94. The third kappa shape index (κ3) is 5.45. The largest absolute Gasteiger partial charge is 0.378 e. The SMILES string of the molecule is CC(C)C(C)OCC1(CS(=O)(=O)Cl)CCCCC1. The van der Waals surface area contributed by atoms with E-state index in [1.54, 1.807) is 0 Å². The first-order valence-corrected chi connectivity index (χ1v) is 9.26. The summed E-state index contributed by atoms with van der Waals surface area (Å²) in [6.45, 7) is 6.77. The van der Waals surface area contributed by atoms with Gasteiger partial charge in [-0.15, -0.1) is 0 Å². The molecule has 18 heavy (non-hydrogen) atoms. The van der Waals surface area contributed by atoms with Crippen molar-refractivity contribution in [3.8, 4) is 0 Å². The Morgan fingerprint density at radius 2 is 1.72 bits per heavy atom. The molecule has 1 rings (SSSR count). The lowest BCUT2D eigenvalue weighted by Gasteiger charge is -2.37. The Bertz CT molecular complexity index is 345. The van der Waals surface area contributed by atoms with Gasteiger partial charge in [-0.05, 0) is 25.7 Å². The van der Waals surface area contributed by atoms with Crippen LogP contribution in [0.5, 0.6) is 0 Å². The van der Waals surface area contributed by atoms with Crippen molar-refractivity contribution in [2.75, 3.05) is 12.4 Å². The topological polar surface area (TPSA) is 43.4 Å². The van der Waals surface area contributed by atoms with Gasteiger partial charge in [0.05, 0.1) is 18.5 Å². The van der Waals surface area contributed by atoms with Crippen molar-refractivity contribution in [2.24, 2.45) is 11.3 Å². The molecule has 1 aliphatic rings. The molecule has 0 spiro atoms. The molecule has 0 bridgehead atoms. The van der Waals surface area contributed by atoms with Crippen LogP contribution in [-0.4, -0.2) is 26.9 Å². The van der Waals surface area contributed by atoms with E-state index in [0.717, 1.165) is 25.7 Å². The van der Waals surface area contributed by atoms with Crippen LogP contribution in [0, 0.1) is 11.3 Å². The second-order valence-electron chi connectivity index (χ2n) is 6.00. The van der Waals surface area contributed by atoms with Gasteiger partial charge in [-0.3, -0.25) is 0 Å². The van der Waals surface area contributed by atoms with Crippen LogP contribution < -0.4 is 0 Å². The zero-order chi connectivity index (χ0) is 13.8. The average Bonchev–Trinajstić information content (AvgIpc) is 2.24. The van der Waals surface area contributed by atoms with Crippen LogP contribution in [0.15, 0.2) is 0 Å². The summed E-state index contributed by atoms with van der Waals surface area (Å²) in [6, 6.07) is 0. The Balaban J connectivity index is 2.66. The maximum atomic E-state index is 11.4. The van der Waals surface area contributed by atoms with Crippen molar-refractivity contribution in [2.45, 2.75) is 59.0 Å². The molecular formula is C13H25ClO3S. The number of rotatable bonds is 6. The van der Waals surface area contributed by atoms with Crippen LogP contribution in [0.4, 0.5) is 0 Å². The second kappa shape index (κ2) is 6.58. The standard InChI is InChI=1S/C13H25ClO3S/c1-11(2)12(3)17-9-13(10-18(14,15)16)7-5-4-6-8-13/h11-12H,4-10H2,1-3H3. The van der Waals surface area contributed by atoms with Crippen molar-refractivity contribution in [3.05, 3.63) is 0 Å². The molecule has 5 heteroatoms. The minimum atomic E-state index is -3.46. The Morgan fingerprint density at radius 3 is 2.17 bits per heavy atom. The molecule has 0 aromatic rings. The smallest absolute Gasteiger partial charge is 0.233 e. The van der Waals surface area contributed by atoms with E-state index in [1.165, 1.54) is 6.42 Å². The molecule has 3 nitrogen and oxygen atoms in total. The highest BCUT2D eigenvalue weighted by atomic mass is 35.7. The average molecular weight is 297 g/mol. The molecule has 1 fully saturated rings. The highest BCUT2D eigenvalue weighted by Gasteiger charge is 2.37. The van der Waals surface area contributed by atoms with E-state index in [-0.39, 0.29) is 17.3 Å². The Hall–Kier alpha value is 0.200. The molecule has 0 heterocycles. The van der Waals surface area contributed by atoms with Crippen LogP contribution in [0.2, 0.25) is 0 Å². The molecule has 0 N–H and O–H groups in total. The lowest BCUT2D eigenvalue weighted by Crippen LogP contribution is -2.37. The van der Waals surface area contributed by atoms with Crippen molar-refractivity contribution < 1.29 is 13.2 Å². The van der Waals surface area contributed by atoms with Gasteiger partial charge in [0.15, 0.2) is 0 Å². The molecule has 108 valence electrons. The number of ether oxygens (including phenoxy) is 1. The van der Waals surface area contributed by atoms with Gasteiger partial charge in [0, 0.05) is 16.1 Å². The Morgan fingerprint density at radius 1 is 1.17 bits per heavy atom. The van der Waals surface area contributed by atoms with Crippen molar-refractivity contribution in [1.82, 2.24) is 0 Å². The van der Waals surface area contributed by atoms with Crippen LogP contribution in [0.25, 0.3) is 0 Å². The summed E-state index contributed by atoms with van der Waals surface area (Å²) < 4.78 is 28.7. The van der Waals surface area contributed by atoms with Gasteiger partial charge in [-0.25, -0.2) is 8.42 Å². The predicted octanol–water partition coefficient (Wildman–Crippen LogP) is 3.57. The number of halogens is 1. The molecule has 1 unspecified atom stereocenters. The monoisotopic (exact) mass is 296 g/mol. The fourth-order valence-corrected chi connectivity index (χ4v) is 4.30. The zero-order valence-electron chi connectivity index (χ0n) is 11.6. The lowest BCUT2D eigenvalue weighted by atomic mass is 9.76. The van der Waals surface area contributed by atoms with Crippen LogP contribution in [0.1, 0.15) is 52.9 Å². The second-order valence-corrected chi connectivity index (χ2v) is 8.78. The van der Waals surface area contributed by atoms with E-state index in [4.69, 9.17) is 15.4 Å². The van der Waals surface area contributed by atoms with Crippen LogP contribution >= 0.6 is 10.7 Å². The fraction of sp³-hybridized carbons (Fsp3) is 1.00. The normalized spacial score (nSPS) is 22.1. The number of hydrogen-bond donors (Lipinski definition) is 0. The predicted molar refractivity (Wildman–Crippen MR) is 75.4 cm³/mol. The minimum Gasteiger partial charge on any atom is -0.378 e. The van der Waals surface area contributed by atoms with E-state index in [9.17, 15) is 8.42 Å². The third-order valence-electron chi connectivity index (χ3n) is 3.98. The van der Waals surface area contributed by atoms with E-state index >= 15 is 0 Å². The molecule has 0 amide bonds. The molecular weight excluding hydrogens is 272 g/mol. The highest BCUT2D eigenvalue weighted by Crippen LogP contribution is 2.39.